The molecule has 0 fully saturated rings. The largest absolute Gasteiger partial charge is 0.442 e. The molecule has 9 heteroatoms. The van der Waals surface area contributed by atoms with Gasteiger partial charge in [-0.2, -0.15) is 9.99 Å². The van der Waals surface area contributed by atoms with E-state index in [0.29, 0.717) is 16.7 Å². The molecule has 30 heavy (non-hydrogen) atoms. The lowest BCUT2D eigenvalue weighted by Crippen LogP contribution is -2.40. The van der Waals surface area contributed by atoms with Gasteiger partial charge in [-0.15, -0.1) is 0 Å². The predicted octanol–water partition coefficient (Wildman–Crippen LogP) is 3.66. The van der Waals surface area contributed by atoms with E-state index in [4.69, 9.17) is 16.2 Å². The maximum atomic E-state index is 13.2. The van der Waals surface area contributed by atoms with Crippen molar-refractivity contribution in [3.8, 4) is 0 Å². The Balaban J connectivity index is 1.94. The number of amides is 1. The third-order valence-corrected chi connectivity index (χ3v) is 4.46. The van der Waals surface area contributed by atoms with Crippen molar-refractivity contribution in [2.45, 2.75) is 33.3 Å². The third-order valence-electron chi connectivity index (χ3n) is 4.46. The topological polar surface area (TPSA) is 125 Å². The number of hydrogen-bond acceptors (Lipinski definition) is 7. The molecule has 4 aromatic rings. The normalized spacial score (nSPS) is 11.7. The van der Waals surface area contributed by atoms with Gasteiger partial charge in [0.1, 0.15) is 11.4 Å². The van der Waals surface area contributed by atoms with E-state index >= 15 is 0 Å². The fraction of sp³-hybridized carbons (Fsp3) is 0.238. The SMILES string of the molecule is Cc1ccnc(N(C(=O)OC(C)(C)C)n2ccc3c4c(N)nc(N)nc4ccc32)c1. The van der Waals surface area contributed by atoms with Gasteiger partial charge in [0.05, 0.1) is 16.4 Å². The van der Waals surface area contributed by atoms with Crippen LogP contribution in [0.1, 0.15) is 26.3 Å². The lowest BCUT2D eigenvalue weighted by Gasteiger charge is -2.28. The van der Waals surface area contributed by atoms with Crippen molar-refractivity contribution >= 4 is 45.5 Å². The Hall–Kier alpha value is -3.88. The maximum Gasteiger partial charge on any atom is 0.435 e. The number of nitrogens with two attached hydrogens (primary N) is 2. The first-order valence-electron chi connectivity index (χ1n) is 9.43. The van der Waals surface area contributed by atoms with Crippen LogP contribution in [0.3, 0.4) is 0 Å². The molecule has 0 spiro atoms. The van der Waals surface area contributed by atoms with Crippen LogP contribution in [0, 0.1) is 6.92 Å². The molecule has 3 aromatic heterocycles. The van der Waals surface area contributed by atoms with Crippen LogP contribution >= 0.6 is 0 Å². The molecule has 0 saturated carbocycles. The molecule has 0 aliphatic rings. The van der Waals surface area contributed by atoms with Gasteiger partial charge in [0.2, 0.25) is 5.95 Å². The zero-order valence-electron chi connectivity index (χ0n) is 17.2. The van der Waals surface area contributed by atoms with E-state index in [9.17, 15) is 4.79 Å². The first kappa shape index (κ1) is 19.4. The Morgan fingerprint density at radius 2 is 1.90 bits per heavy atom. The van der Waals surface area contributed by atoms with Gasteiger partial charge < -0.3 is 16.2 Å². The van der Waals surface area contributed by atoms with E-state index in [2.05, 4.69) is 15.0 Å². The number of fused-ring (bicyclic) bond motifs is 3. The first-order valence-corrected chi connectivity index (χ1v) is 9.43. The molecule has 4 N–H and O–H groups in total. The van der Waals surface area contributed by atoms with Crippen LogP contribution in [0.2, 0.25) is 0 Å². The molecule has 0 aliphatic carbocycles. The fourth-order valence-electron chi connectivity index (χ4n) is 3.29. The van der Waals surface area contributed by atoms with E-state index in [0.717, 1.165) is 16.5 Å². The van der Waals surface area contributed by atoms with Gasteiger partial charge in [-0.25, -0.2) is 19.4 Å². The van der Waals surface area contributed by atoms with Gasteiger partial charge in [-0.1, -0.05) is 0 Å². The van der Waals surface area contributed by atoms with Gasteiger partial charge in [0.15, 0.2) is 5.82 Å². The number of hydrogen-bond donors (Lipinski definition) is 2. The number of carbonyl (C=O) groups excluding carboxylic acids is 1. The Kier molecular flexibility index (Phi) is 4.45. The summed E-state index contributed by atoms with van der Waals surface area (Å²) < 4.78 is 7.34. The van der Waals surface area contributed by atoms with E-state index in [-0.39, 0.29) is 11.8 Å². The lowest BCUT2D eigenvalue weighted by molar-refractivity contribution is 0.0565. The van der Waals surface area contributed by atoms with E-state index in [1.807, 2.05) is 52.0 Å². The molecule has 154 valence electrons. The second kappa shape index (κ2) is 6.87. The number of ether oxygens (including phenoxy) is 1. The van der Waals surface area contributed by atoms with Gasteiger partial charge >= 0.3 is 6.09 Å². The zero-order chi connectivity index (χ0) is 21.6. The Bertz CT molecular complexity index is 1270. The molecule has 0 unspecified atom stereocenters. The monoisotopic (exact) mass is 405 g/mol. The van der Waals surface area contributed by atoms with Crippen LogP contribution in [-0.4, -0.2) is 31.3 Å². The third kappa shape index (κ3) is 3.45. The molecular weight excluding hydrogens is 382 g/mol. The van der Waals surface area contributed by atoms with Crippen molar-refractivity contribution in [1.82, 2.24) is 19.6 Å². The van der Waals surface area contributed by atoms with Crippen molar-refractivity contribution in [3.63, 3.8) is 0 Å². The van der Waals surface area contributed by atoms with E-state index in [1.165, 1.54) is 5.01 Å². The number of anilines is 3. The van der Waals surface area contributed by atoms with Gasteiger partial charge in [0, 0.05) is 17.8 Å². The zero-order valence-corrected chi connectivity index (χ0v) is 17.2. The Morgan fingerprint density at radius 3 is 2.60 bits per heavy atom. The number of pyridine rings is 1. The fourth-order valence-corrected chi connectivity index (χ4v) is 3.29. The molecule has 0 aliphatic heterocycles. The van der Waals surface area contributed by atoms with Gasteiger partial charge in [0.25, 0.3) is 0 Å². The molecule has 9 nitrogen and oxygen atoms in total. The van der Waals surface area contributed by atoms with Crippen molar-refractivity contribution < 1.29 is 9.53 Å². The minimum Gasteiger partial charge on any atom is -0.442 e. The van der Waals surface area contributed by atoms with Crippen LogP contribution in [-0.2, 0) is 4.74 Å². The summed E-state index contributed by atoms with van der Waals surface area (Å²) in [5.74, 6) is 0.819. The highest BCUT2D eigenvalue weighted by Crippen LogP contribution is 2.31. The van der Waals surface area contributed by atoms with Crippen molar-refractivity contribution in [2.75, 3.05) is 16.5 Å². The molecule has 0 atom stereocenters. The maximum absolute atomic E-state index is 13.2. The summed E-state index contributed by atoms with van der Waals surface area (Å²) in [6.45, 7) is 7.38. The number of rotatable bonds is 2. The van der Waals surface area contributed by atoms with Crippen molar-refractivity contribution in [3.05, 3.63) is 48.3 Å². The smallest absolute Gasteiger partial charge is 0.435 e. The second-order valence-corrected chi connectivity index (χ2v) is 8.00. The van der Waals surface area contributed by atoms with Crippen LogP contribution in [0.25, 0.3) is 21.8 Å². The highest BCUT2D eigenvalue weighted by atomic mass is 16.6. The van der Waals surface area contributed by atoms with Crippen LogP contribution in [0.4, 0.5) is 22.4 Å². The van der Waals surface area contributed by atoms with Crippen LogP contribution in [0.5, 0.6) is 0 Å². The summed E-state index contributed by atoms with van der Waals surface area (Å²) in [6.07, 6.45) is 2.85. The Labute approximate surface area is 173 Å². The first-order chi connectivity index (χ1) is 14.1. The van der Waals surface area contributed by atoms with Crippen molar-refractivity contribution in [1.29, 1.82) is 0 Å². The number of nitrogens with zero attached hydrogens (tertiary/aromatic N) is 5. The average molecular weight is 405 g/mol. The number of nitrogen functional groups attached to an aromatic ring is 2. The molecular formula is C21H23N7O2. The van der Waals surface area contributed by atoms with Crippen LogP contribution in [0.15, 0.2) is 42.7 Å². The summed E-state index contributed by atoms with van der Waals surface area (Å²) in [7, 11) is 0. The van der Waals surface area contributed by atoms with E-state index in [1.54, 1.807) is 23.1 Å². The number of carbonyl (C=O) groups is 1. The van der Waals surface area contributed by atoms with Gasteiger partial charge in [-0.05, 0) is 63.6 Å². The highest BCUT2D eigenvalue weighted by Gasteiger charge is 2.27. The van der Waals surface area contributed by atoms with Crippen molar-refractivity contribution in [2.24, 2.45) is 0 Å². The summed E-state index contributed by atoms with van der Waals surface area (Å²) in [4.78, 5) is 25.9. The summed E-state index contributed by atoms with van der Waals surface area (Å²) >= 11 is 0. The summed E-state index contributed by atoms with van der Waals surface area (Å²) in [6, 6.07) is 9.16. The molecule has 1 aromatic carbocycles. The lowest BCUT2D eigenvalue weighted by atomic mass is 10.1. The summed E-state index contributed by atoms with van der Waals surface area (Å²) in [5, 5.41) is 2.84. The summed E-state index contributed by atoms with van der Waals surface area (Å²) in [5.41, 5.74) is 13.5. The number of aryl methyl sites for hydroxylation is 1. The molecule has 0 bridgehead atoms. The number of benzene rings is 1. The molecule has 0 radical (unpaired) electrons. The Morgan fingerprint density at radius 1 is 1.13 bits per heavy atom. The second-order valence-electron chi connectivity index (χ2n) is 8.00. The van der Waals surface area contributed by atoms with Crippen LogP contribution < -0.4 is 16.5 Å². The standard InChI is InChI=1S/C21H23N7O2/c1-12-7-9-24-16(11-12)28(20(29)30-21(2,3)4)27-10-8-13-15(27)6-5-14-17(13)18(22)26-19(23)25-14/h5-11H,1-4H3,(H4,22,23,25,26). The predicted molar refractivity (Wildman–Crippen MR) is 117 cm³/mol. The molecule has 1 amide bonds. The molecule has 3 heterocycles. The minimum atomic E-state index is -0.676. The molecule has 4 rings (SSSR count). The highest BCUT2D eigenvalue weighted by molar-refractivity contribution is 6.11. The van der Waals surface area contributed by atoms with E-state index < -0.39 is 11.7 Å². The quantitative estimate of drug-likeness (QED) is 0.521. The van der Waals surface area contributed by atoms with Gasteiger partial charge in [-0.3, -0.25) is 0 Å². The molecule has 0 saturated heterocycles. The average Bonchev–Trinajstić information content (AvgIpc) is 3.03. The minimum absolute atomic E-state index is 0.109. The number of aromatic nitrogens is 4.